The van der Waals surface area contributed by atoms with Gasteiger partial charge >= 0.3 is 0 Å². The molecule has 2 aliphatic heterocycles. The lowest BCUT2D eigenvalue weighted by molar-refractivity contribution is 0.247. The third kappa shape index (κ3) is 3.60. The van der Waals surface area contributed by atoms with Crippen LogP contribution in [0.4, 0.5) is 5.82 Å². The highest BCUT2D eigenvalue weighted by Gasteiger charge is 2.45. The number of piperidine rings is 1. The Balaban J connectivity index is 1.51. The number of sulfonamides is 1. The Labute approximate surface area is 162 Å². The van der Waals surface area contributed by atoms with E-state index in [2.05, 4.69) is 16.8 Å². The Kier molecular flexibility index (Phi) is 4.95. The minimum atomic E-state index is -3.42. The van der Waals surface area contributed by atoms with Gasteiger partial charge in [-0.05, 0) is 55.5 Å². The second-order valence-corrected chi connectivity index (χ2v) is 9.74. The molecule has 0 bridgehead atoms. The fourth-order valence-electron chi connectivity index (χ4n) is 4.42. The van der Waals surface area contributed by atoms with Crippen molar-refractivity contribution in [3.8, 4) is 0 Å². The van der Waals surface area contributed by atoms with Crippen LogP contribution >= 0.6 is 0 Å². The van der Waals surface area contributed by atoms with Crippen LogP contribution in [0.2, 0.25) is 0 Å². The van der Waals surface area contributed by atoms with E-state index in [-0.39, 0.29) is 5.41 Å². The molecular formula is C21H27N3O2S. The number of rotatable bonds is 4. The maximum Gasteiger partial charge on any atom is 0.243 e. The average molecular weight is 386 g/mol. The van der Waals surface area contributed by atoms with Gasteiger partial charge in [-0.1, -0.05) is 25.1 Å². The largest absolute Gasteiger partial charge is 0.356 e. The fourth-order valence-corrected chi connectivity index (χ4v) is 5.98. The van der Waals surface area contributed by atoms with Crippen molar-refractivity contribution >= 4 is 15.8 Å². The van der Waals surface area contributed by atoms with Crippen molar-refractivity contribution in [3.05, 3.63) is 54.2 Å². The molecule has 6 heteroatoms. The van der Waals surface area contributed by atoms with Crippen LogP contribution < -0.4 is 4.90 Å². The number of nitrogens with zero attached hydrogens (tertiary/aromatic N) is 3. The number of pyridine rings is 1. The molecule has 2 fully saturated rings. The molecule has 1 atom stereocenters. The molecule has 1 aromatic carbocycles. The molecule has 3 heterocycles. The predicted octanol–water partition coefficient (Wildman–Crippen LogP) is 3.33. The molecule has 0 amide bonds. The van der Waals surface area contributed by atoms with Gasteiger partial charge in [0.2, 0.25) is 10.0 Å². The summed E-state index contributed by atoms with van der Waals surface area (Å²) in [6.45, 7) is 5.15. The van der Waals surface area contributed by atoms with Crippen LogP contribution in [0.25, 0.3) is 0 Å². The molecule has 2 saturated heterocycles. The molecule has 2 aliphatic rings. The van der Waals surface area contributed by atoms with Crippen molar-refractivity contribution in [2.24, 2.45) is 5.41 Å². The Morgan fingerprint density at radius 2 is 1.85 bits per heavy atom. The minimum Gasteiger partial charge on any atom is -0.356 e. The molecule has 0 aliphatic carbocycles. The number of hydrogen-bond acceptors (Lipinski definition) is 4. The Morgan fingerprint density at radius 3 is 2.56 bits per heavy atom. The molecule has 1 aromatic heterocycles. The normalized spacial score (nSPS) is 23.8. The van der Waals surface area contributed by atoms with Crippen molar-refractivity contribution in [2.75, 3.05) is 31.1 Å². The molecule has 1 spiro atoms. The van der Waals surface area contributed by atoms with E-state index in [1.54, 1.807) is 16.4 Å². The fraction of sp³-hybridized carbons (Fsp3) is 0.476. The van der Waals surface area contributed by atoms with Gasteiger partial charge < -0.3 is 4.90 Å². The van der Waals surface area contributed by atoms with Crippen molar-refractivity contribution in [1.29, 1.82) is 0 Å². The summed E-state index contributed by atoms with van der Waals surface area (Å²) in [6.07, 6.45) is 5.81. The molecule has 0 radical (unpaired) electrons. The van der Waals surface area contributed by atoms with E-state index in [0.29, 0.717) is 18.0 Å². The van der Waals surface area contributed by atoms with Gasteiger partial charge in [-0.25, -0.2) is 13.4 Å². The van der Waals surface area contributed by atoms with E-state index in [1.165, 1.54) is 0 Å². The van der Waals surface area contributed by atoms with Crippen LogP contribution in [0.3, 0.4) is 0 Å². The van der Waals surface area contributed by atoms with Gasteiger partial charge in [-0.2, -0.15) is 4.31 Å². The maximum atomic E-state index is 13.1. The summed E-state index contributed by atoms with van der Waals surface area (Å²) in [6, 6.07) is 13.3. The van der Waals surface area contributed by atoms with E-state index in [4.69, 9.17) is 0 Å². The number of aromatic nitrogens is 1. The van der Waals surface area contributed by atoms with Crippen LogP contribution in [0.5, 0.6) is 0 Å². The zero-order valence-electron chi connectivity index (χ0n) is 15.8. The van der Waals surface area contributed by atoms with Crippen LogP contribution in [0.15, 0.2) is 53.6 Å². The van der Waals surface area contributed by atoms with Gasteiger partial charge in [0, 0.05) is 37.8 Å². The molecule has 0 N–H and O–H groups in total. The standard InChI is InChI=1S/C21H27N3O2S/c1-2-18-7-9-19(10-8-18)27(25,26)24-15-12-21(17-24)11-5-14-23(16-21)20-6-3-4-13-22-20/h3-4,6-10,13H,2,5,11-12,14-17H2,1H3/t21-/m0/s1. The van der Waals surface area contributed by atoms with Crippen molar-refractivity contribution < 1.29 is 8.42 Å². The highest BCUT2D eigenvalue weighted by Crippen LogP contribution is 2.41. The van der Waals surface area contributed by atoms with Gasteiger partial charge in [-0.15, -0.1) is 0 Å². The monoisotopic (exact) mass is 385 g/mol. The first-order chi connectivity index (χ1) is 13.0. The summed E-state index contributed by atoms with van der Waals surface area (Å²) in [4.78, 5) is 7.21. The summed E-state index contributed by atoms with van der Waals surface area (Å²) < 4.78 is 27.9. The number of hydrogen-bond donors (Lipinski definition) is 0. The van der Waals surface area contributed by atoms with Crippen LogP contribution in [0.1, 0.15) is 31.7 Å². The Hall–Kier alpha value is -1.92. The molecular weight excluding hydrogens is 358 g/mol. The third-order valence-corrected chi connectivity index (χ3v) is 7.87. The molecule has 0 unspecified atom stereocenters. The zero-order valence-corrected chi connectivity index (χ0v) is 16.7. The van der Waals surface area contributed by atoms with Crippen LogP contribution in [0, 0.1) is 5.41 Å². The van der Waals surface area contributed by atoms with Crippen molar-refractivity contribution in [3.63, 3.8) is 0 Å². The lowest BCUT2D eigenvalue weighted by Gasteiger charge is -2.41. The third-order valence-electron chi connectivity index (χ3n) is 6.01. The summed E-state index contributed by atoms with van der Waals surface area (Å²) in [5, 5.41) is 0. The number of aryl methyl sites for hydroxylation is 1. The van der Waals surface area contributed by atoms with E-state index in [9.17, 15) is 8.42 Å². The van der Waals surface area contributed by atoms with Crippen molar-refractivity contribution in [1.82, 2.24) is 9.29 Å². The second-order valence-electron chi connectivity index (χ2n) is 7.80. The van der Waals surface area contributed by atoms with Crippen LogP contribution in [-0.2, 0) is 16.4 Å². The topological polar surface area (TPSA) is 53.5 Å². The predicted molar refractivity (Wildman–Crippen MR) is 107 cm³/mol. The van der Waals surface area contributed by atoms with Crippen molar-refractivity contribution in [2.45, 2.75) is 37.5 Å². The van der Waals surface area contributed by atoms with E-state index in [1.807, 2.05) is 36.5 Å². The minimum absolute atomic E-state index is 0.0339. The van der Waals surface area contributed by atoms with Gasteiger partial charge in [0.05, 0.1) is 4.90 Å². The maximum absolute atomic E-state index is 13.1. The van der Waals surface area contributed by atoms with E-state index in [0.717, 1.165) is 50.2 Å². The highest BCUT2D eigenvalue weighted by molar-refractivity contribution is 7.89. The summed E-state index contributed by atoms with van der Waals surface area (Å²) >= 11 is 0. The van der Waals surface area contributed by atoms with Crippen LogP contribution in [-0.4, -0.2) is 43.9 Å². The molecule has 2 aromatic rings. The lowest BCUT2D eigenvalue weighted by Crippen LogP contribution is -2.45. The first-order valence-electron chi connectivity index (χ1n) is 9.78. The van der Waals surface area contributed by atoms with E-state index >= 15 is 0 Å². The average Bonchev–Trinajstić information content (AvgIpc) is 3.12. The highest BCUT2D eigenvalue weighted by atomic mass is 32.2. The number of anilines is 1. The molecule has 27 heavy (non-hydrogen) atoms. The molecule has 0 saturated carbocycles. The second kappa shape index (κ2) is 7.24. The summed E-state index contributed by atoms with van der Waals surface area (Å²) in [5.41, 5.74) is 1.19. The SMILES string of the molecule is CCc1ccc(S(=O)(=O)N2CC[C@]3(CCCN(c4ccccn4)C3)C2)cc1. The van der Waals surface area contributed by atoms with Gasteiger partial charge in [-0.3, -0.25) is 0 Å². The lowest BCUT2D eigenvalue weighted by atomic mass is 9.79. The molecule has 5 nitrogen and oxygen atoms in total. The Morgan fingerprint density at radius 1 is 1.04 bits per heavy atom. The summed E-state index contributed by atoms with van der Waals surface area (Å²) in [7, 11) is -3.42. The van der Waals surface area contributed by atoms with Gasteiger partial charge in [0.1, 0.15) is 5.82 Å². The van der Waals surface area contributed by atoms with E-state index < -0.39 is 10.0 Å². The summed E-state index contributed by atoms with van der Waals surface area (Å²) in [5.74, 6) is 0.994. The Bertz CT molecular complexity index is 883. The first-order valence-corrected chi connectivity index (χ1v) is 11.2. The van der Waals surface area contributed by atoms with Gasteiger partial charge in [0.25, 0.3) is 0 Å². The quantitative estimate of drug-likeness (QED) is 0.810. The smallest absolute Gasteiger partial charge is 0.243 e. The van der Waals surface area contributed by atoms with Gasteiger partial charge in [0.15, 0.2) is 0 Å². The zero-order chi connectivity index (χ0) is 18.9. The molecule has 144 valence electrons. The number of benzene rings is 1. The molecule has 4 rings (SSSR count). The first kappa shape index (κ1) is 18.4.